The van der Waals surface area contributed by atoms with Gasteiger partial charge in [0.05, 0.1) is 5.69 Å². The van der Waals surface area contributed by atoms with Crippen LogP contribution in [0.3, 0.4) is 0 Å². The van der Waals surface area contributed by atoms with Crippen molar-refractivity contribution in [3.05, 3.63) is 10.6 Å². The van der Waals surface area contributed by atoms with Crippen LogP contribution in [0.2, 0.25) is 0 Å². The highest BCUT2D eigenvalue weighted by atomic mass is 32.1. The Morgan fingerprint density at radius 1 is 1.42 bits per heavy atom. The Balaban J connectivity index is 2.32. The van der Waals surface area contributed by atoms with Gasteiger partial charge in [0, 0.05) is 12.6 Å². The molecular formula is C14H22N2O2S. The molecule has 0 unspecified atom stereocenters. The Labute approximate surface area is 118 Å². The minimum absolute atomic E-state index is 0.149. The van der Waals surface area contributed by atoms with Crippen molar-refractivity contribution in [2.24, 2.45) is 5.92 Å². The maximum absolute atomic E-state index is 11.3. The van der Waals surface area contributed by atoms with E-state index in [2.05, 4.69) is 23.7 Å². The summed E-state index contributed by atoms with van der Waals surface area (Å²) in [7, 11) is 0. The van der Waals surface area contributed by atoms with Crippen LogP contribution in [0.15, 0.2) is 0 Å². The fourth-order valence-corrected chi connectivity index (χ4v) is 3.29. The molecule has 0 saturated heterocycles. The molecule has 1 aliphatic carbocycles. The molecule has 106 valence electrons. The Bertz CT molecular complexity index is 464. The van der Waals surface area contributed by atoms with E-state index >= 15 is 0 Å². The molecule has 4 nitrogen and oxygen atoms in total. The zero-order valence-corrected chi connectivity index (χ0v) is 12.8. The molecule has 0 aromatic carbocycles. The van der Waals surface area contributed by atoms with Crippen LogP contribution in [0.25, 0.3) is 0 Å². The van der Waals surface area contributed by atoms with Crippen molar-refractivity contribution in [3.63, 3.8) is 0 Å². The molecule has 19 heavy (non-hydrogen) atoms. The monoisotopic (exact) mass is 282 g/mol. The predicted molar refractivity (Wildman–Crippen MR) is 78.4 cm³/mol. The van der Waals surface area contributed by atoms with Crippen molar-refractivity contribution in [3.8, 4) is 0 Å². The van der Waals surface area contributed by atoms with E-state index in [0.29, 0.717) is 16.8 Å². The number of nitrogens with zero attached hydrogens (tertiary/aromatic N) is 2. The van der Waals surface area contributed by atoms with Gasteiger partial charge in [-0.1, -0.05) is 39.0 Å². The molecule has 2 rings (SSSR count). The molecule has 5 heteroatoms. The normalized spacial score (nSPS) is 15.3. The van der Waals surface area contributed by atoms with Crippen LogP contribution in [0, 0.1) is 5.92 Å². The molecule has 0 radical (unpaired) electrons. The fourth-order valence-electron chi connectivity index (χ4n) is 2.15. The second-order valence-electron chi connectivity index (χ2n) is 5.95. The van der Waals surface area contributed by atoms with Crippen LogP contribution in [0.1, 0.15) is 61.8 Å². The van der Waals surface area contributed by atoms with Gasteiger partial charge in [-0.3, -0.25) is 0 Å². The highest BCUT2D eigenvalue weighted by Crippen LogP contribution is 2.37. The van der Waals surface area contributed by atoms with E-state index in [0.717, 1.165) is 17.4 Å². The number of carboxylic acid groups (broad SMARTS) is 1. The number of thiazole rings is 1. The lowest BCUT2D eigenvalue weighted by Gasteiger charge is -2.23. The van der Waals surface area contributed by atoms with E-state index in [1.807, 2.05) is 13.8 Å². The summed E-state index contributed by atoms with van der Waals surface area (Å²) in [5, 5.41) is 10.2. The predicted octanol–water partition coefficient (Wildman–Crippen LogP) is 3.59. The molecule has 1 aromatic heterocycles. The van der Waals surface area contributed by atoms with Crippen LogP contribution < -0.4 is 4.90 Å². The lowest BCUT2D eigenvalue weighted by Crippen LogP contribution is -2.29. The number of carbonyl (C=O) groups is 1. The molecule has 1 aromatic rings. The van der Waals surface area contributed by atoms with Crippen molar-refractivity contribution in [1.29, 1.82) is 0 Å². The quantitative estimate of drug-likeness (QED) is 0.866. The number of aromatic carboxylic acids is 1. The third-order valence-corrected chi connectivity index (χ3v) is 4.27. The third-order valence-electron chi connectivity index (χ3n) is 3.18. The van der Waals surface area contributed by atoms with Gasteiger partial charge in [0.25, 0.3) is 0 Å². The number of carboxylic acids is 1. The van der Waals surface area contributed by atoms with Crippen molar-refractivity contribution in [2.45, 2.75) is 52.5 Å². The molecule has 1 N–H and O–H groups in total. The lowest BCUT2D eigenvalue weighted by atomic mass is 10.1. The van der Waals surface area contributed by atoms with Gasteiger partial charge in [0.2, 0.25) is 0 Å². The summed E-state index contributed by atoms with van der Waals surface area (Å²) in [4.78, 5) is 18.6. The molecule has 0 bridgehead atoms. The Morgan fingerprint density at radius 3 is 2.42 bits per heavy atom. The van der Waals surface area contributed by atoms with Gasteiger partial charge in [-0.15, -0.1) is 0 Å². The Kier molecular flexibility index (Phi) is 4.13. The number of aromatic nitrogens is 1. The smallest absolute Gasteiger partial charge is 0.347 e. The number of hydrogen-bond acceptors (Lipinski definition) is 4. The van der Waals surface area contributed by atoms with Crippen LogP contribution >= 0.6 is 11.3 Å². The first-order chi connectivity index (χ1) is 8.90. The van der Waals surface area contributed by atoms with E-state index < -0.39 is 5.97 Å². The lowest BCUT2D eigenvalue weighted by molar-refractivity contribution is 0.0700. The summed E-state index contributed by atoms with van der Waals surface area (Å²) >= 11 is 1.33. The summed E-state index contributed by atoms with van der Waals surface area (Å²) in [5.41, 5.74) is 0.724. The average Bonchev–Trinajstić information content (AvgIpc) is 3.02. The van der Waals surface area contributed by atoms with Crippen molar-refractivity contribution >= 4 is 22.4 Å². The fraction of sp³-hybridized carbons (Fsp3) is 0.714. The van der Waals surface area contributed by atoms with Crippen LogP contribution in [-0.2, 0) is 0 Å². The number of anilines is 1. The Hall–Kier alpha value is -1.10. The van der Waals surface area contributed by atoms with E-state index in [4.69, 9.17) is 0 Å². The van der Waals surface area contributed by atoms with Gasteiger partial charge in [0.15, 0.2) is 5.13 Å². The minimum Gasteiger partial charge on any atom is -0.477 e. The molecule has 0 spiro atoms. The molecule has 1 saturated carbocycles. The summed E-state index contributed by atoms with van der Waals surface area (Å²) in [6.07, 6.45) is 2.40. The first kappa shape index (κ1) is 14.3. The molecule has 0 atom stereocenters. The van der Waals surface area contributed by atoms with E-state index in [1.54, 1.807) is 0 Å². The second kappa shape index (κ2) is 5.49. The maximum Gasteiger partial charge on any atom is 0.347 e. The zero-order valence-electron chi connectivity index (χ0n) is 12.0. The minimum atomic E-state index is -0.854. The molecular weight excluding hydrogens is 260 g/mol. The van der Waals surface area contributed by atoms with Gasteiger partial charge in [-0.25, -0.2) is 9.78 Å². The SMILES string of the molecule is CC(C)CN(c1nc(C(C)C)c(C(=O)O)s1)C1CC1. The molecule has 1 fully saturated rings. The van der Waals surface area contributed by atoms with Crippen LogP contribution in [-0.4, -0.2) is 28.6 Å². The van der Waals surface area contributed by atoms with Crippen molar-refractivity contribution < 1.29 is 9.90 Å². The first-order valence-corrected chi connectivity index (χ1v) is 7.72. The number of rotatable bonds is 6. The second-order valence-corrected chi connectivity index (χ2v) is 6.93. The summed E-state index contributed by atoms with van der Waals surface area (Å²) in [6.45, 7) is 9.31. The summed E-state index contributed by atoms with van der Waals surface area (Å²) in [6, 6.07) is 0.565. The largest absolute Gasteiger partial charge is 0.477 e. The molecule has 1 aliphatic rings. The summed E-state index contributed by atoms with van der Waals surface area (Å²) in [5.74, 6) is -0.149. The molecule has 1 heterocycles. The van der Waals surface area contributed by atoms with E-state index in [-0.39, 0.29) is 5.92 Å². The highest BCUT2D eigenvalue weighted by Gasteiger charge is 2.33. The van der Waals surface area contributed by atoms with Gasteiger partial charge >= 0.3 is 5.97 Å². The van der Waals surface area contributed by atoms with Gasteiger partial charge < -0.3 is 10.0 Å². The first-order valence-electron chi connectivity index (χ1n) is 6.90. The Morgan fingerprint density at radius 2 is 2.05 bits per heavy atom. The highest BCUT2D eigenvalue weighted by molar-refractivity contribution is 7.17. The van der Waals surface area contributed by atoms with Crippen molar-refractivity contribution in [2.75, 3.05) is 11.4 Å². The van der Waals surface area contributed by atoms with Crippen LogP contribution in [0.4, 0.5) is 5.13 Å². The van der Waals surface area contributed by atoms with Crippen LogP contribution in [0.5, 0.6) is 0 Å². The van der Waals surface area contributed by atoms with E-state index in [1.165, 1.54) is 24.2 Å². The van der Waals surface area contributed by atoms with Crippen molar-refractivity contribution in [1.82, 2.24) is 4.98 Å². The van der Waals surface area contributed by atoms with Gasteiger partial charge in [-0.2, -0.15) is 0 Å². The van der Waals surface area contributed by atoms with E-state index in [9.17, 15) is 9.90 Å². The summed E-state index contributed by atoms with van der Waals surface area (Å²) < 4.78 is 0. The zero-order chi connectivity index (χ0) is 14.2. The maximum atomic E-state index is 11.3. The molecule has 0 aliphatic heterocycles. The molecule has 0 amide bonds. The topological polar surface area (TPSA) is 53.4 Å². The third kappa shape index (κ3) is 3.26. The number of hydrogen-bond donors (Lipinski definition) is 1. The van der Waals surface area contributed by atoms with Gasteiger partial charge in [-0.05, 0) is 24.7 Å². The van der Waals surface area contributed by atoms with Gasteiger partial charge in [0.1, 0.15) is 4.88 Å². The standard InChI is InChI=1S/C14H22N2O2S/c1-8(2)7-16(10-5-6-10)14-15-11(9(3)4)12(19-14)13(17)18/h8-10H,5-7H2,1-4H3,(H,17,18). The average molecular weight is 282 g/mol.